The van der Waals surface area contributed by atoms with E-state index in [2.05, 4.69) is 17.6 Å². The summed E-state index contributed by atoms with van der Waals surface area (Å²) >= 11 is 0. The van der Waals surface area contributed by atoms with Crippen molar-refractivity contribution in [1.82, 2.24) is 10.6 Å². The number of aliphatic hydroxyl groups excluding tert-OH is 1. The minimum atomic E-state index is -0.304. The van der Waals surface area contributed by atoms with E-state index < -0.39 is 0 Å². The molecule has 104 valence electrons. The van der Waals surface area contributed by atoms with Crippen LogP contribution in [-0.2, 0) is 4.74 Å². The maximum atomic E-state index is 11.7. The summed E-state index contributed by atoms with van der Waals surface area (Å²) in [5.41, 5.74) is -0.179. The van der Waals surface area contributed by atoms with Gasteiger partial charge in [-0.25, -0.2) is 4.79 Å². The Labute approximate surface area is 108 Å². The molecule has 1 saturated heterocycles. The fourth-order valence-corrected chi connectivity index (χ4v) is 2.75. The first-order valence-corrected chi connectivity index (χ1v) is 6.90. The molecule has 1 heterocycles. The second kappa shape index (κ2) is 5.89. The highest BCUT2D eigenvalue weighted by atomic mass is 16.5. The van der Waals surface area contributed by atoms with Crippen LogP contribution in [0.4, 0.5) is 4.79 Å². The zero-order valence-electron chi connectivity index (χ0n) is 11.1. The van der Waals surface area contributed by atoms with Crippen LogP contribution >= 0.6 is 0 Å². The molecule has 5 nitrogen and oxygen atoms in total. The lowest BCUT2D eigenvalue weighted by Crippen LogP contribution is -2.49. The first-order valence-electron chi connectivity index (χ1n) is 6.90. The molecule has 3 N–H and O–H groups in total. The Morgan fingerprint density at radius 3 is 2.94 bits per heavy atom. The van der Waals surface area contributed by atoms with Gasteiger partial charge in [-0.15, -0.1) is 0 Å². The molecule has 1 aliphatic heterocycles. The van der Waals surface area contributed by atoms with Gasteiger partial charge in [0.05, 0.1) is 18.8 Å². The van der Waals surface area contributed by atoms with Crippen LogP contribution in [0.2, 0.25) is 0 Å². The maximum absolute atomic E-state index is 11.7. The largest absolute Gasteiger partial charge is 0.392 e. The molecular formula is C13H24N2O3. The Bertz CT molecular complexity index is 292. The molecule has 2 rings (SSSR count). The fraction of sp³-hybridized carbons (Fsp3) is 0.923. The van der Waals surface area contributed by atoms with Gasteiger partial charge in [0, 0.05) is 18.6 Å². The van der Waals surface area contributed by atoms with Gasteiger partial charge >= 0.3 is 6.03 Å². The summed E-state index contributed by atoms with van der Waals surface area (Å²) in [6.45, 7) is 3.91. The van der Waals surface area contributed by atoms with E-state index in [1.807, 2.05) is 0 Å². The maximum Gasteiger partial charge on any atom is 0.315 e. The van der Waals surface area contributed by atoms with E-state index in [0.717, 1.165) is 38.7 Å². The summed E-state index contributed by atoms with van der Waals surface area (Å²) in [6.07, 6.45) is 4.61. The monoisotopic (exact) mass is 256 g/mol. The topological polar surface area (TPSA) is 70.6 Å². The van der Waals surface area contributed by atoms with Crippen LogP contribution in [-0.4, -0.2) is 43.0 Å². The average molecular weight is 256 g/mol. The van der Waals surface area contributed by atoms with Crippen molar-refractivity contribution in [3.8, 4) is 0 Å². The van der Waals surface area contributed by atoms with Crippen LogP contribution in [0, 0.1) is 5.41 Å². The van der Waals surface area contributed by atoms with Crippen molar-refractivity contribution in [3.05, 3.63) is 0 Å². The molecule has 1 aliphatic carbocycles. The Morgan fingerprint density at radius 1 is 1.44 bits per heavy atom. The molecule has 18 heavy (non-hydrogen) atoms. The van der Waals surface area contributed by atoms with Crippen LogP contribution in [0.25, 0.3) is 0 Å². The van der Waals surface area contributed by atoms with Crippen molar-refractivity contribution >= 4 is 6.03 Å². The number of carbonyl (C=O) groups excluding carboxylic acids is 1. The minimum Gasteiger partial charge on any atom is -0.392 e. The Balaban J connectivity index is 1.74. The predicted molar refractivity (Wildman–Crippen MR) is 68.3 cm³/mol. The van der Waals surface area contributed by atoms with Crippen LogP contribution in [0.15, 0.2) is 0 Å². The number of hydrogen-bond donors (Lipinski definition) is 3. The molecule has 5 heteroatoms. The molecule has 0 spiro atoms. The lowest BCUT2D eigenvalue weighted by Gasteiger charge is -2.38. The van der Waals surface area contributed by atoms with Crippen LogP contribution in [0.5, 0.6) is 0 Å². The van der Waals surface area contributed by atoms with Gasteiger partial charge in [-0.1, -0.05) is 19.8 Å². The number of rotatable bonds is 3. The highest BCUT2D eigenvalue weighted by molar-refractivity contribution is 5.74. The smallest absolute Gasteiger partial charge is 0.315 e. The summed E-state index contributed by atoms with van der Waals surface area (Å²) in [5, 5.41) is 15.8. The van der Waals surface area contributed by atoms with Crippen LogP contribution in [0.3, 0.4) is 0 Å². The van der Waals surface area contributed by atoms with Gasteiger partial charge in [0.25, 0.3) is 0 Å². The number of urea groups is 1. The molecule has 0 aromatic heterocycles. The standard InChI is InChI=1S/C13H24N2O3/c1-13(6-3-2-4-11(13)16)9-14-12(17)15-10-5-7-18-8-10/h10-11,16H,2-9H2,1H3,(H2,14,15,17). The predicted octanol–water partition coefficient (Wildman–Crippen LogP) is 1.02. The molecule has 0 bridgehead atoms. The van der Waals surface area contributed by atoms with Crippen molar-refractivity contribution < 1.29 is 14.6 Å². The molecule has 3 unspecified atom stereocenters. The Morgan fingerprint density at radius 2 is 2.28 bits per heavy atom. The molecule has 2 aliphatic rings. The summed E-state index contributed by atoms with van der Waals surface area (Å²) in [7, 11) is 0. The van der Waals surface area contributed by atoms with Crippen molar-refractivity contribution in [2.24, 2.45) is 5.41 Å². The van der Waals surface area contributed by atoms with E-state index in [4.69, 9.17) is 4.74 Å². The van der Waals surface area contributed by atoms with E-state index in [1.54, 1.807) is 0 Å². The van der Waals surface area contributed by atoms with E-state index in [-0.39, 0.29) is 23.6 Å². The number of hydrogen-bond acceptors (Lipinski definition) is 3. The number of carbonyl (C=O) groups is 1. The Kier molecular flexibility index (Phi) is 4.45. The second-order valence-electron chi connectivity index (χ2n) is 5.80. The van der Waals surface area contributed by atoms with Gasteiger partial charge in [-0.2, -0.15) is 0 Å². The second-order valence-corrected chi connectivity index (χ2v) is 5.80. The molecule has 2 fully saturated rings. The molecule has 3 atom stereocenters. The van der Waals surface area contributed by atoms with Crippen LogP contribution < -0.4 is 10.6 Å². The third kappa shape index (κ3) is 3.36. The van der Waals surface area contributed by atoms with E-state index in [1.165, 1.54) is 0 Å². The minimum absolute atomic E-state index is 0.133. The van der Waals surface area contributed by atoms with E-state index in [0.29, 0.717) is 13.2 Å². The van der Waals surface area contributed by atoms with Crippen molar-refractivity contribution in [1.29, 1.82) is 0 Å². The molecular weight excluding hydrogens is 232 g/mol. The fourth-order valence-electron chi connectivity index (χ4n) is 2.75. The SMILES string of the molecule is CC1(CNC(=O)NC2CCOC2)CCCCC1O. The first kappa shape index (κ1) is 13.6. The summed E-state index contributed by atoms with van der Waals surface area (Å²) in [6, 6.07) is -0.0152. The van der Waals surface area contributed by atoms with Crippen molar-refractivity contribution in [2.45, 2.75) is 51.2 Å². The molecule has 0 aromatic rings. The lowest BCUT2D eigenvalue weighted by atomic mass is 9.73. The van der Waals surface area contributed by atoms with Gasteiger partial charge in [0.2, 0.25) is 0 Å². The highest BCUT2D eigenvalue weighted by Gasteiger charge is 2.35. The number of ether oxygens (including phenoxy) is 1. The lowest BCUT2D eigenvalue weighted by molar-refractivity contribution is 0.00304. The van der Waals surface area contributed by atoms with E-state index >= 15 is 0 Å². The number of aliphatic hydroxyl groups is 1. The quantitative estimate of drug-likeness (QED) is 0.706. The number of amides is 2. The highest BCUT2D eigenvalue weighted by Crippen LogP contribution is 2.35. The van der Waals surface area contributed by atoms with Gasteiger partial charge < -0.3 is 20.5 Å². The zero-order valence-corrected chi connectivity index (χ0v) is 11.1. The van der Waals surface area contributed by atoms with Gasteiger partial charge in [0.15, 0.2) is 0 Å². The van der Waals surface area contributed by atoms with Crippen LogP contribution in [0.1, 0.15) is 39.0 Å². The average Bonchev–Trinajstić information content (AvgIpc) is 2.84. The molecule has 1 saturated carbocycles. The summed E-state index contributed by atoms with van der Waals surface area (Å²) < 4.78 is 5.21. The zero-order chi connectivity index (χ0) is 13.0. The normalized spacial score (nSPS) is 36.3. The third-order valence-electron chi connectivity index (χ3n) is 4.20. The van der Waals surface area contributed by atoms with Gasteiger partial charge in [0.1, 0.15) is 0 Å². The van der Waals surface area contributed by atoms with Gasteiger partial charge in [-0.3, -0.25) is 0 Å². The third-order valence-corrected chi connectivity index (χ3v) is 4.20. The van der Waals surface area contributed by atoms with Crippen molar-refractivity contribution in [2.75, 3.05) is 19.8 Å². The summed E-state index contributed by atoms with van der Waals surface area (Å²) in [4.78, 5) is 11.7. The summed E-state index contributed by atoms with van der Waals surface area (Å²) in [5.74, 6) is 0. The molecule has 2 amide bonds. The number of nitrogens with one attached hydrogen (secondary N) is 2. The van der Waals surface area contributed by atoms with Crippen molar-refractivity contribution in [3.63, 3.8) is 0 Å². The van der Waals surface area contributed by atoms with E-state index in [9.17, 15) is 9.90 Å². The first-order chi connectivity index (χ1) is 8.60. The molecule has 0 aromatic carbocycles. The van der Waals surface area contributed by atoms with Gasteiger partial charge in [-0.05, 0) is 19.3 Å². The Hall–Kier alpha value is -0.810. The molecule has 0 radical (unpaired) electrons.